The van der Waals surface area contributed by atoms with Gasteiger partial charge in [0.15, 0.2) is 0 Å². The Morgan fingerprint density at radius 1 is 1.44 bits per heavy atom. The van der Waals surface area contributed by atoms with E-state index in [1.54, 1.807) is 25.2 Å². The molecule has 18 heavy (non-hydrogen) atoms. The predicted octanol–water partition coefficient (Wildman–Crippen LogP) is 1.06. The summed E-state index contributed by atoms with van der Waals surface area (Å²) >= 11 is 0. The number of nitrogen functional groups attached to an aromatic ring is 1. The van der Waals surface area contributed by atoms with Crippen LogP contribution in [0, 0.1) is 5.92 Å². The Labute approximate surface area is 107 Å². The van der Waals surface area contributed by atoms with E-state index in [1.165, 1.54) is 0 Å². The van der Waals surface area contributed by atoms with E-state index in [4.69, 9.17) is 10.8 Å². The van der Waals surface area contributed by atoms with E-state index < -0.39 is 0 Å². The normalized spacial score (nSPS) is 13.8. The van der Waals surface area contributed by atoms with Crippen LogP contribution in [0.15, 0.2) is 18.2 Å². The summed E-state index contributed by atoms with van der Waals surface area (Å²) in [6.45, 7) is 4.05. The second-order valence-corrected chi connectivity index (χ2v) is 4.47. The third kappa shape index (κ3) is 3.37. The molecule has 0 bridgehead atoms. The number of nitrogens with one attached hydrogen (secondary N) is 2. The fraction of sp³-hybridized carbons (Fsp3) is 0.462. The first-order chi connectivity index (χ1) is 8.49. The zero-order valence-corrected chi connectivity index (χ0v) is 11.0. The Morgan fingerprint density at radius 2 is 2.11 bits per heavy atom. The lowest BCUT2D eigenvalue weighted by Crippen LogP contribution is -2.26. The van der Waals surface area contributed by atoms with Crippen molar-refractivity contribution in [2.75, 3.05) is 24.7 Å². The minimum Gasteiger partial charge on any atom is -0.397 e. The SMILES string of the molecule is CNC(=O)c1ccc(NC(C)C(C)CO)c(N)c1. The molecule has 0 radical (unpaired) electrons. The van der Waals surface area contributed by atoms with Gasteiger partial charge in [-0.05, 0) is 31.0 Å². The highest BCUT2D eigenvalue weighted by Gasteiger charge is 2.13. The van der Waals surface area contributed by atoms with Crippen LogP contribution in [-0.4, -0.2) is 30.7 Å². The second-order valence-electron chi connectivity index (χ2n) is 4.47. The number of hydrogen-bond donors (Lipinski definition) is 4. The zero-order chi connectivity index (χ0) is 13.7. The van der Waals surface area contributed by atoms with Crippen molar-refractivity contribution in [2.24, 2.45) is 5.92 Å². The van der Waals surface area contributed by atoms with Gasteiger partial charge in [-0.25, -0.2) is 0 Å². The van der Waals surface area contributed by atoms with Crippen LogP contribution in [0.4, 0.5) is 11.4 Å². The molecule has 2 atom stereocenters. The van der Waals surface area contributed by atoms with Gasteiger partial charge in [-0.2, -0.15) is 0 Å². The Hall–Kier alpha value is -1.75. The second kappa shape index (κ2) is 6.26. The van der Waals surface area contributed by atoms with E-state index >= 15 is 0 Å². The van der Waals surface area contributed by atoms with E-state index in [1.807, 2.05) is 13.8 Å². The van der Waals surface area contributed by atoms with Gasteiger partial charge < -0.3 is 21.5 Å². The van der Waals surface area contributed by atoms with Crippen molar-refractivity contribution >= 4 is 17.3 Å². The molecule has 100 valence electrons. The molecule has 0 aliphatic heterocycles. The zero-order valence-electron chi connectivity index (χ0n) is 11.0. The third-order valence-electron chi connectivity index (χ3n) is 3.07. The monoisotopic (exact) mass is 251 g/mol. The summed E-state index contributed by atoms with van der Waals surface area (Å²) in [6, 6.07) is 5.23. The van der Waals surface area contributed by atoms with Crippen LogP contribution in [0.2, 0.25) is 0 Å². The van der Waals surface area contributed by atoms with Gasteiger partial charge in [-0.15, -0.1) is 0 Å². The first kappa shape index (κ1) is 14.3. The predicted molar refractivity (Wildman–Crippen MR) is 73.6 cm³/mol. The van der Waals surface area contributed by atoms with E-state index in [0.29, 0.717) is 11.3 Å². The van der Waals surface area contributed by atoms with Gasteiger partial charge >= 0.3 is 0 Å². The molecule has 1 aromatic rings. The molecule has 1 amide bonds. The Balaban J connectivity index is 2.83. The van der Waals surface area contributed by atoms with Crippen LogP contribution in [-0.2, 0) is 0 Å². The van der Waals surface area contributed by atoms with Crippen LogP contribution in [0.5, 0.6) is 0 Å². The molecule has 0 aliphatic rings. The number of hydrogen-bond acceptors (Lipinski definition) is 4. The minimum atomic E-state index is -0.162. The maximum absolute atomic E-state index is 11.4. The summed E-state index contributed by atoms with van der Waals surface area (Å²) in [6.07, 6.45) is 0. The molecule has 0 saturated heterocycles. The van der Waals surface area contributed by atoms with E-state index in [-0.39, 0.29) is 24.5 Å². The number of rotatable bonds is 5. The van der Waals surface area contributed by atoms with Crippen molar-refractivity contribution in [1.29, 1.82) is 0 Å². The van der Waals surface area contributed by atoms with Gasteiger partial charge in [0, 0.05) is 25.3 Å². The van der Waals surface area contributed by atoms with Crippen molar-refractivity contribution in [1.82, 2.24) is 5.32 Å². The quantitative estimate of drug-likeness (QED) is 0.589. The number of nitrogens with two attached hydrogens (primary N) is 1. The molecular weight excluding hydrogens is 230 g/mol. The van der Waals surface area contributed by atoms with Gasteiger partial charge in [0.1, 0.15) is 0 Å². The molecule has 0 heterocycles. The molecular formula is C13H21N3O2. The summed E-state index contributed by atoms with van der Waals surface area (Å²) in [5, 5.41) is 14.9. The number of aliphatic hydroxyl groups excluding tert-OH is 1. The van der Waals surface area contributed by atoms with Gasteiger partial charge in [0.05, 0.1) is 11.4 Å². The van der Waals surface area contributed by atoms with E-state index in [0.717, 1.165) is 5.69 Å². The standard InChI is InChI=1S/C13H21N3O2/c1-8(7-17)9(2)16-12-5-4-10(6-11(12)14)13(18)15-3/h4-6,8-9,16-17H,7,14H2,1-3H3,(H,15,18). The fourth-order valence-corrected chi connectivity index (χ4v) is 1.53. The lowest BCUT2D eigenvalue weighted by molar-refractivity contribution is 0.0963. The van der Waals surface area contributed by atoms with E-state index in [2.05, 4.69) is 10.6 Å². The lowest BCUT2D eigenvalue weighted by atomic mass is 10.0. The molecule has 0 aliphatic carbocycles. The van der Waals surface area contributed by atoms with Crippen molar-refractivity contribution in [2.45, 2.75) is 19.9 Å². The number of carbonyl (C=O) groups excluding carboxylic acids is 1. The number of aliphatic hydroxyl groups is 1. The largest absolute Gasteiger partial charge is 0.397 e. The van der Waals surface area contributed by atoms with Crippen LogP contribution in [0.1, 0.15) is 24.2 Å². The Kier molecular flexibility index (Phi) is 4.97. The summed E-state index contributed by atoms with van der Waals surface area (Å²) in [4.78, 5) is 11.4. The van der Waals surface area contributed by atoms with Crippen molar-refractivity contribution in [3.63, 3.8) is 0 Å². The Morgan fingerprint density at radius 3 is 2.61 bits per heavy atom. The summed E-state index contributed by atoms with van der Waals surface area (Å²) in [7, 11) is 1.58. The summed E-state index contributed by atoms with van der Waals surface area (Å²) in [5.74, 6) is -0.0342. The molecule has 0 spiro atoms. The smallest absolute Gasteiger partial charge is 0.251 e. The van der Waals surface area contributed by atoms with Crippen LogP contribution in [0.3, 0.4) is 0 Å². The number of benzene rings is 1. The molecule has 0 aromatic heterocycles. The molecule has 5 N–H and O–H groups in total. The molecule has 5 nitrogen and oxygen atoms in total. The maximum Gasteiger partial charge on any atom is 0.251 e. The molecule has 2 unspecified atom stereocenters. The van der Waals surface area contributed by atoms with E-state index in [9.17, 15) is 4.79 Å². The topological polar surface area (TPSA) is 87.4 Å². The Bertz CT molecular complexity index is 421. The first-order valence-electron chi connectivity index (χ1n) is 5.98. The highest BCUT2D eigenvalue weighted by molar-refractivity contribution is 5.95. The molecule has 0 fully saturated rings. The van der Waals surface area contributed by atoms with Crippen LogP contribution < -0.4 is 16.4 Å². The first-order valence-corrected chi connectivity index (χ1v) is 5.98. The molecule has 5 heteroatoms. The van der Waals surface area contributed by atoms with Gasteiger partial charge in [-0.3, -0.25) is 4.79 Å². The molecule has 1 rings (SSSR count). The number of amides is 1. The number of carbonyl (C=O) groups is 1. The highest BCUT2D eigenvalue weighted by atomic mass is 16.3. The van der Waals surface area contributed by atoms with Crippen LogP contribution in [0.25, 0.3) is 0 Å². The maximum atomic E-state index is 11.4. The fourth-order valence-electron chi connectivity index (χ4n) is 1.53. The minimum absolute atomic E-state index is 0.100. The highest BCUT2D eigenvalue weighted by Crippen LogP contribution is 2.22. The average Bonchev–Trinajstić information content (AvgIpc) is 2.38. The third-order valence-corrected chi connectivity index (χ3v) is 3.07. The van der Waals surface area contributed by atoms with Gasteiger partial charge in [0.25, 0.3) is 5.91 Å². The number of anilines is 2. The average molecular weight is 251 g/mol. The van der Waals surface area contributed by atoms with Crippen molar-refractivity contribution < 1.29 is 9.90 Å². The molecule has 0 saturated carbocycles. The summed E-state index contributed by atoms with van der Waals surface area (Å²) < 4.78 is 0. The van der Waals surface area contributed by atoms with Gasteiger partial charge in [0.2, 0.25) is 0 Å². The van der Waals surface area contributed by atoms with Crippen molar-refractivity contribution in [3.05, 3.63) is 23.8 Å². The van der Waals surface area contributed by atoms with Crippen LogP contribution >= 0.6 is 0 Å². The molecule has 1 aromatic carbocycles. The van der Waals surface area contributed by atoms with Gasteiger partial charge in [-0.1, -0.05) is 6.92 Å². The summed E-state index contributed by atoms with van der Waals surface area (Å²) in [5.41, 5.74) is 7.72. The van der Waals surface area contributed by atoms with Crippen molar-refractivity contribution in [3.8, 4) is 0 Å². The lowest BCUT2D eigenvalue weighted by Gasteiger charge is -2.21.